The molecule has 0 aromatic rings. The summed E-state index contributed by atoms with van der Waals surface area (Å²) < 4.78 is 53.4. The highest BCUT2D eigenvalue weighted by Gasteiger charge is 1.96. The van der Waals surface area contributed by atoms with E-state index in [1.54, 1.807) is 0 Å². The van der Waals surface area contributed by atoms with Gasteiger partial charge in [0.25, 0.3) is 0 Å². The van der Waals surface area contributed by atoms with E-state index in [0.717, 1.165) is 79.0 Å². The highest BCUT2D eigenvalue weighted by atomic mass is 32.3. The van der Waals surface area contributed by atoms with Crippen LogP contribution in [0.5, 0.6) is 0 Å². The Balaban J connectivity index is -0.000000796. The molecule has 0 aromatic heterocycles. The molecular weight excluding hydrogens is 669 g/mol. The average molecular weight is 757 g/mol. The van der Waals surface area contributed by atoms with Crippen molar-refractivity contribution in [2.75, 3.05) is 79.0 Å². The third kappa shape index (κ3) is 71.7. The first-order valence-electron chi connectivity index (χ1n) is 21.3. The summed E-state index contributed by atoms with van der Waals surface area (Å²) in [5, 5.41) is 6.63. The number of unbranched alkanes of at least 4 members (excludes halogenated alkanes) is 22. The Hall–Kier alpha value is -0.370. The fraction of sp³-hybridized carbons (Fsp3) is 1.00. The van der Waals surface area contributed by atoms with Crippen LogP contribution >= 0.6 is 0 Å². The second-order valence-corrected chi connectivity index (χ2v) is 14.2. The van der Waals surface area contributed by atoms with E-state index in [1.807, 2.05) is 13.8 Å². The van der Waals surface area contributed by atoms with E-state index < -0.39 is 10.4 Å². The van der Waals surface area contributed by atoms with Gasteiger partial charge in [-0.1, -0.05) is 155 Å². The maximum atomic E-state index is 8.74. The summed E-state index contributed by atoms with van der Waals surface area (Å²) in [7, 11) is -4.67. The molecule has 0 unspecified atom stereocenters. The molecular formula is C40H88N2O8S. The Kier molecular flexibility index (Phi) is 55.8. The predicted molar refractivity (Wildman–Crippen MR) is 217 cm³/mol. The van der Waals surface area contributed by atoms with Crippen molar-refractivity contribution in [2.45, 2.75) is 182 Å². The first-order chi connectivity index (χ1) is 24.8. The zero-order chi connectivity index (χ0) is 38.2. The number of hydrogen-bond acceptors (Lipinski definition) is 8. The lowest BCUT2D eigenvalue weighted by atomic mass is 10.1. The summed E-state index contributed by atoms with van der Waals surface area (Å²) in [6.07, 6.45) is 33.6. The van der Waals surface area contributed by atoms with E-state index in [9.17, 15) is 0 Å². The lowest BCUT2D eigenvalue weighted by molar-refractivity contribution is 0.123. The minimum absolute atomic E-state index is 0.801. The van der Waals surface area contributed by atoms with Crippen LogP contribution in [0.25, 0.3) is 0 Å². The lowest BCUT2D eigenvalue weighted by Crippen LogP contribution is -2.24. The molecule has 312 valence electrons. The molecule has 0 aliphatic heterocycles. The molecule has 0 radical (unpaired) electrons. The van der Waals surface area contributed by atoms with Gasteiger partial charge in [-0.15, -0.1) is 0 Å². The van der Waals surface area contributed by atoms with E-state index in [2.05, 4.69) is 24.5 Å². The van der Waals surface area contributed by atoms with Crippen LogP contribution in [0.15, 0.2) is 0 Å². The fourth-order valence-electron chi connectivity index (χ4n) is 5.41. The van der Waals surface area contributed by atoms with Crippen molar-refractivity contribution in [3.63, 3.8) is 0 Å². The summed E-state index contributed by atoms with van der Waals surface area (Å²) in [4.78, 5) is 0. The SMILES string of the molecule is CCCCCCCCCCCCCCOCCNCCOCC.CCCCCCCCCCCCCCOCCNCCOCC.O=S(=O)(O)O. The summed E-state index contributed by atoms with van der Waals surface area (Å²) in [6, 6.07) is 0. The largest absolute Gasteiger partial charge is 0.394 e. The number of nitrogens with one attached hydrogen (secondary N) is 2. The second kappa shape index (κ2) is 51.7. The number of ether oxygens (including phenoxy) is 4. The normalized spacial score (nSPS) is 11.3. The van der Waals surface area contributed by atoms with Crippen LogP contribution in [0.4, 0.5) is 0 Å². The van der Waals surface area contributed by atoms with Gasteiger partial charge >= 0.3 is 10.4 Å². The zero-order valence-corrected chi connectivity index (χ0v) is 35.0. The quantitative estimate of drug-likeness (QED) is 0.0353. The van der Waals surface area contributed by atoms with Crippen molar-refractivity contribution in [2.24, 2.45) is 0 Å². The molecule has 0 fully saturated rings. The third-order valence-corrected chi connectivity index (χ3v) is 8.39. The van der Waals surface area contributed by atoms with Crippen LogP contribution in [0.1, 0.15) is 182 Å². The Labute approximate surface area is 317 Å². The number of rotatable bonds is 40. The van der Waals surface area contributed by atoms with Gasteiger partial charge < -0.3 is 29.6 Å². The van der Waals surface area contributed by atoms with Crippen molar-refractivity contribution in [1.82, 2.24) is 10.6 Å². The molecule has 0 bridgehead atoms. The van der Waals surface area contributed by atoms with Gasteiger partial charge in [0.2, 0.25) is 0 Å². The third-order valence-electron chi connectivity index (χ3n) is 8.39. The Morgan fingerprint density at radius 2 is 0.569 bits per heavy atom. The Morgan fingerprint density at radius 3 is 0.804 bits per heavy atom. The first kappa shape index (κ1) is 55.0. The van der Waals surface area contributed by atoms with Crippen molar-refractivity contribution in [1.29, 1.82) is 0 Å². The molecule has 11 heteroatoms. The zero-order valence-electron chi connectivity index (χ0n) is 34.2. The van der Waals surface area contributed by atoms with Gasteiger partial charge in [-0.05, 0) is 26.7 Å². The molecule has 0 aromatic carbocycles. The highest BCUT2D eigenvalue weighted by molar-refractivity contribution is 7.79. The summed E-state index contributed by atoms with van der Waals surface area (Å²) in [5.74, 6) is 0. The molecule has 0 aliphatic carbocycles. The van der Waals surface area contributed by atoms with Crippen LogP contribution in [-0.4, -0.2) is 96.6 Å². The first-order valence-corrected chi connectivity index (χ1v) is 22.6. The van der Waals surface area contributed by atoms with E-state index in [-0.39, 0.29) is 0 Å². The fourth-order valence-corrected chi connectivity index (χ4v) is 5.41. The molecule has 51 heavy (non-hydrogen) atoms. The summed E-state index contributed by atoms with van der Waals surface area (Å²) >= 11 is 0. The van der Waals surface area contributed by atoms with Gasteiger partial charge in [-0.2, -0.15) is 8.42 Å². The van der Waals surface area contributed by atoms with E-state index in [4.69, 9.17) is 36.5 Å². The van der Waals surface area contributed by atoms with Crippen molar-refractivity contribution >= 4 is 10.4 Å². The Bertz CT molecular complexity index is 599. The maximum absolute atomic E-state index is 8.74. The standard InChI is InChI=1S/2C20H43NO2.H2O4S/c2*1-3-5-6-7-8-9-10-11-12-13-14-15-18-23-20-17-21-16-19-22-4-2;1-5(2,3)4/h2*21H,3-20H2,1-2H3;(H2,1,2,3,4). The van der Waals surface area contributed by atoms with Crippen LogP contribution in [0.2, 0.25) is 0 Å². The van der Waals surface area contributed by atoms with Crippen LogP contribution in [0.3, 0.4) is 0 Å². The summed E-state index contributed by atoms with van der Waals surface area (Å²) in [5.41, 5.74) is 0. The maximum Gasteiger partial charge on any atom is 0.394 e. The highest BCUT2D eigenvalue weighted by Crippen LogP contribution is 2.13. The van der Waals surface area contributed by atoms with Crippen molar-refractivity contribution in [3.05, 3.63) is 0 Å². The minimum atomic E-state index is -4.67. The molecule has 4 N–H and O–H groups in total. The van der Waals surface area contributed by atoms with Gasteiger partial charge in [-0.25, -0.2) is 0 Å². The molecule has 0 rings (SSSR count). The van der Waals surface area contributed by atoms with Gasteiger partial charge in [0.15, 0.2) is 0 Å². The molecule has 0 heterocycles. The van der Waals surface area contributed by atoms with Gasteiger partial charge in [0, 0.05) is 52.6 Å². The van der Waals surface area contributed by atoms with Crippen molar-refractivity contribution in [3.8, 4) is 0 Å². The van der Waals surface area contributed by atoms with Crippen LogP contribution < -0.4 is 10.6 Å². The molecule has 10 nitrogen and oxygen atoms in total. The topological polar surface area (TPSA) is 136 Å². The molecule has 0 atom stereocenters. The molecule has 0 spiro atoms. The molecule has 0 saturated carbocycles. The van der Waals surface area contributed by atoms with Gasteiger partial charge in [-0.3, -0.25) is 9.11 Å². The van der Waals surface area contributed by atoms with Gasteiger partial charge in [0.05, 0.1) is 26.4 Å². The summed E-state index contributed by atoms with van der Waals surface area (Å²) in [6.45, 7) is 19.0. The van der Waals surface area contributed by atoms with Crippen LogP contribution in [0, 0.1) is 0 Å². The second-order valence-electron chi connectivity index (χ2n) is 13.3. The monoisotopic (exact) mass is 757 g/mol. The van der Waals surface area contributed by atoms with E-state index >= 15 is 0 Å². The van der Waals surface area contributed by atoms with Crippen molar-refractivity contribution < 1.29 is 36.5 Å². The van der Waals surface area contributed by atoms with E-state index in [0.29, 0.717) is 0 Å². The smallest absolute Gasteiger partial charge is 0.380 e. The predicted octanol–water partition coefficient (Wildman–Crippen LogP) is 10.0. The number of hydrogen-bond donors (Lipinski definition) is 4. The molecule has 0 aliphatic rings. The minimum Gasteiger partial charge on any atom is -0.380 e. The van der Waals surface area contributed by atoms with Crippen LogP contribution in [-0.2, 0) is 29.3 Å². The average Bonchev–Trinajstić information content (AvgIpc) is 3.10. The molecule has 0 saturated heterocycles. The van der Waals surface area contributed by atoms with E-state index in [1.165, 1.54) is 154 Å². The Morgan fingerprint density at radius 1 is 0.353 bits per heavy atom. The van der Waals surface area contributed by atoms with Gasteiger partial charge in [0.1, 0.15) is 0 Å². The molecule has 0 amide bonds. The lowest BCUT2D eigenvalue weighted by Gasteiger charge is -2.06.